The fourth-order valence-electron chi connectivity index (χ4n) is 3.64. The van der Waals surface area contributed by atoms with E-state index in [0.717, 1.165) is 35.1 Å². The number of benzene rings is 2. The first-order valence-electron chi connectivity index (χ1n) is 10.1. The number of hydrogen-bond acceptors (Lipinski definition) is 3. The zero-order valence-electron chi connectivity index (χ0n) is 17.9. The van der Waals surface area contributed by atoms with E-state index in [2.05, 4.69) is 39.7 Å². The first kappa shape index (κ1) is 22.1. The van der Waals surface area contributed by atoms with Gasteiger partial charge in [0.2, 0.25) is 0 Å². The average Bonchev–Trinajstić information content (AvgIpc) is 2.73. The van der Waals surface area contributed by atoms with Gasteiger partial charge in [0.05, 0.1) is 0 Å². The van der Waals surface area contributed by atoms with Gasteiger partial charge in [-0.2, -0.15) is 0 Å². The Balaban J connectivity index is 1.96. The van der Waals surface area contributed by atoms with Crippen molar-refractivity contribution in [2.75, 3.05) is 0 Å². The molecule has 0 N–H and O–H groups in total. The molecule has 156 valence electrons. The van der Waals surface area contributed by atoms with Crippen molar-refractivity contribution in [3.63, 3.8) is 0 Å². The molecule has 0 saturated heterocycles. The Morgan fingerprint density at radius 1 is 0.806 bits per heavy atom. The number of ketones is 1. The van der Waals surface area contributed by atoms with E-state index in [-0.39, 0.29) is 5.78 Å². The van der Waals surface area contributed by atoms with Gasteiger partial charge in [0.25, 0.3) is 0 Å². The Morgan fingerprint density at radius 3 is 1.52 bits per heavy atom. The highest BCUT2D eigenvalue weighted by atomic mass is 28.3. The van der Waals surface area contributed by atoms with Crippen LogP contribution in [0.1, 0.15) is 24.0 Å². The number of carbonyl (C=O) groups excluding carboxylic acids is 1. The third-order valence-corrected chi connectivity index (χ3v) is 8.39. The molecule has 0 aliphatic heterocycles. The molecule has 0 spiro atoms. The SMILES string of the molecule is C[Si](C)(C)C1CC(=Cc2ccc(N=[N+]=[N-])cc2)C(=O)C(=Cc2ccc(N=[N+]=[N-])cc2)C1. The molecule has 0 aromatic heterocycles. The summed E-state index contributed by atoms with van der Waals surface area (Å²) in [6, 6.07) is 14.4. The molecule has 3 rings (SSSR count). The number of carbonyl (C=O) groups is 1. The van der Waals surface area contributed by atoms with Gasteiger partial charge in [0, 0.05) is 40.4 Å². The second kappa shape index (κ2) is 9.49. The fourth-order valence-corrected chi connectivity index (χ4v) is 5.30. The summed E-state index contributed by atoms with van der Waals surface area (Å²) < 4.78 is 0. The minimum absolute atomic E-state index is 0.0766. The third-order valence-electron chi connectivity index (χ3n) is 5.53. The molecule has 0 unspecified atom stereocenters. The van der Waals surface area contributed by atoms with Crippen molar-refractivity contribution in [3.8, 4) is 0 Å². The summed E-state index contributed by atoms with van der Waals surface area (Å²) >= 11 is 0. The monoisotopic (exact) mass is 428 g/mol. The van der Waals surface area contributed by atoms with Gasteiger partial charge in [0.1, 0.15) is 0 Å². The van der Waals surface area contributed by atoms with Crippen molar-refractivity contribution < 1.29 is 4.79 Å². The molecule has 0 atom stereocenters. The molecule has 0 bridgehead atoms. The summed E-state index contributed by atoms with van der Waals surface area (Å²) in [5.41, 5.74) is 22.1. The summed E-state index contributed by atoms with van der Waals surface area (Å²) in [4.78, 5) is 18.9. The Hall–Kier alpha value is -3.57. The van der Waals surface area contributed by atoms with Crippen LogP contribution in [0.5, 0.6) is 0 Å². The van der Waals surface area contributed by atoms with Gasteiger partial charge in [-0.15, -0.1) is 0 Å². The molecule has 7 nitrogen and oxygen atoms in total. The molecule has 1 saturated carbocycles. The third kappa shape index (κ3) is 5.74. The van der Waals surface area contributed by atoms with Gasteiger partial charge in [-0.3, -0.25) is 4.79 Å². The van der Waals surface area contributed by atoms with Crippen LogP contribution in [0.2, 0.25) is 25.2 Å². The van der Waals surface area contributed by atoms with E-state index in [1.807, 2.05) is 36.4 Å². The summed E-state index contributed by atoms with van der Waals surface area (Å²) in [6.07, 6.45) is 5.46. The predicted molar refractivity (Wildman–Crippen MR) is 128 cm³/mol. The van der Waals surface area contributed by atoms with Crippen molar-refractivity contribution in [3.05, 3.63) is 91.7 Å². The van der Waals surface area contributed by atoms with Crippen LogP contribution in [-0.4, -0.2) is 13.9 Å². The van der Waals surface area contributed by atoms with Gasteiger partial charge in [-0.1, -0.05) is 78.4 Å². The van der Waals surface area contributed by atoms with Crippen LogP contribution < -0.4 is 0 Å². The van der Waals surface area contributed by atoms with Crippen LogP contribution >= 0.6 is 0 Å². The maximum absolute atomic E-state index is 13.3. The molecule has 0 amide bonds. The Morgan fingerprint density at radius 2 is 1.19 bits per heavy atom. The maximum atomic E-state index is 13.3. The first-order valence-corrected chi connectivity index (χ1v) is 13.6. The Kier molecular flexibility index (Phi) is 6.77. The molecule has 8 heteroatoms. The van der Waals surface area contributed by atoms with Gasteiger partial charge >= 0.3 is 0 Å². The number of rotatable bonds is 5. The predicted octanol–water partition coefficient (Wildman–Crippen LogP) is 8.11. The zero-order valence-corrected chi connectivity index (χ0v) is 18.9. The highest BCUT2D eigenvalue weighted by Gasteiger charge is 2.35. The lowest BCUT2D eigenvalue weighted by atomic mass is 9.86. The van der Waals surface area contributed by atoms with Gasteiger partial charge < -0.3 is 0 Å². The minimum atomic E-state index is -1.49. The van der Waals surface area contributed by atoms with Crippen LogP contribution in [0.4, 0.5) is 11.4 Å². The number of azide groups is 2. The van der Waals surface area contributed by atoms with E-state index in [1.54, 1.807) is 24.3 Å². The van der Waals surface area contributed by atoms with Gasteiger partial charge in [-0.05, 0) is 52.7 Å². The number of nitrogens with zero attached hydrogens (tertiary/aromatic N) is 6. The quantitative estimate of drug-likeness (QED) is 0.154. The van der Waals surface area contributed by atoms with E-state index in [1.165, 1.54) is 0 Å². The molecule has 1 aliphatic rings. The van der Waals surface area contributed by atoms with E-state index in [9.17, 15) is 4.79 Å². The van der Waals surface area contributed by atoms with Crippen molar-refractivity contribution >= 4 is 37.4 Å². The molecule has 1 aliphatic carbocycles. The van der Waals surface area contributed by atoms with Crippen LogP contribution in [0.25, 0.3) is 33.0 Å². The number of allylic oxidation sites excluding steroid dienone is 2. The molecule has 2 aromatic rings. The molecule has 2 aromatic carbocycles. The summed E-state index contributed by atoms with van der Waals surface area (Å²) in [6.45, 7) is 7.02. The lowest BCUT2D eigenvalue weighted by Crippen LogP contribution is -2.33. The fraction of sp³-hybridized carbons (Fsp3) is 0.261. The topological polar surface area (TPSA) is 115 Å². The molecular weight excluding hydrogens is 404 g/mol. The van der Waals surface area contributed by atoms with Crippen molar-refractivity contribution in [1.29, 1.82) is 0 Å². The lowest BCUT2D eigenvalue weighted by molar-refractivity contribution is -0.112. The Labute approximate surface area is 182 Å². The molecule has 1 fully saturated rings. The minimum Gasteiger partial charge on any atom is -0.289 e. The Bertz CT molecular complexity index is 1050. The summed E-state index contributed by atoms with van der Waals surface area (Å²) in [5.74, 6) is 0.0766. The first-order chi connectivity index (χ1) is 14.8. The van der Waals surface area contributed by atoms with E-state index in [0.29, 0.717) is 16.9 Å². The van der Waals surface area contributed by atoms with Crippen LogP contribution in [0.3, 0.4) is 0 Å². The molecular formula is C23H24N6OSi. The highest BCUT2D eigenvalue weighted by molar-refractivity contribution is 6.77. The van der Waals surface area contributed by atoms with Gasteiger partial charge in [-0.25, -0.2) is 0 Å². The standard InChI is InChI=1S/C23H24N6OSi/c1-31(2,3)22-14-18(12-16-4-8-20(9-5-16)26-28-24)23(30)19(15-22)13-17-6-10-21(11-7-17)27-29-25/h4-13,22H,14-15H2,1-3H3. The summed E-state index contributed by atoms with van der Waals surface area (Å²) in [5, 5.41) is 7.19. The zero-order chi connectivity index (χ0) is 22.4. The maximum Gasteiger partial charge on any atom is 0.185 e. The number of hydrogen-bond donors (Lipinski definition) is 0. The van der Waals surface area contributed by atoms with Crippen LogP contribution in [0, 0.1) is 0 Å². The van der Waals surface area contributed by atoms with E-state index >= 15 is 0 Å². The molecule has 0 heterocycles. The molecule has 0 radical (unpaired) electrons. The van der Waals surface area contributed by atoms with Crippen LogP contribution in [0.15, 0.2) is 69.9 Å². The van der Waals surface area contributed by atoms with Crippen molar-refractivity contribution in [2.45, 2.75) is 38.0 Å². The van der Waals surface area contributed by atoms with Crippen molar-refractivity contribution in [1.82, 2.24) is 0 Å². The van der Waals surface area contributed by atoms with E-state index < -0.39 is 8.07 Å². The van der Waals surface area contributed by atoms with Gasteiger partial charge in [0.15, 0.2) is 5.78 Å². The second-order valence-electron chi connectivity index (χ2n) is 8.70. The van der Waals surface area contributed by atoms with Crippen molar-refractivity contribution in [2.24, 2.45) is 10.2 Å². The average molecular weight is 429 g/mol. The smallest absolute Gasteiger partial charge is 0.185 e. The lowest BCUT2D eigenvalue weighted by Gasteiger charge is -2.34. The number of Topliss-reactive ketones (excluding diaryl/α,β-unsaturated/α-hetero) is 1. The van der Waals surface area contributed by atoms with Crippen LogP contribution in [-0.2, 0) is 4.79 Å². The summed E-state index contributed by atoms with van der Waals surface area (Å²) in [7, 11) is -1.49. The highest BCUT2D eigenvalue weighted by Crippen LogP contribution is 2.41. The normalized spacial score (nSPS) is 19.1. The molecule has 31 heavy (non-hydrogen) atoms. The van der Waals surface area contributed by atoms with E-state index in [4.69, 9.17) is 11.1 Å². The largest absolute Gasteiger partial charge is 0.289 e. The second-order valence-corrected chi connectivity index (χ2v) is 14.2.